The molecule has 0 bridgehead atoms. The van der Waals surface area contributed by atoms with Crippen LogP contribution in [0.15, 0.2) is 39.8 Å². The molecule has 30 heavy (non-hydrogen) atoms. The largest absolute Gasteiger partial charge is 0.369 e. The number of sulfonamides is 1. The van der Waals surface area contributed by atoms with Crippen molar-refractivity contribution in [2.45, 2.75) is 33.2 Å². The number of likely N-dealkylation sites (N-methyl/N-ethyl adjacent to an activating group) is 1. The first-order valence-corrected chi connectivity index (χ1v) is 12.4. The third-order valence-corrected chi connectivity index (χ3v) is 9.45. The van der Waals surface area contributed by atoms with Crippen molar-refractivity contribution in [1.29, 1.82) is 0 Å². The van der Waals surface area contributed by atoms with Crippen molar-refractivity contribution >= 4 is 43.5 Å². The van der Waals surface area contributed by atoms with Crippen LogP contribution in [0.5, 0.6) is 0 Å². The van der Waals surface area contributed by atoms with Gasteiger partial charge in [-0.2, -0.15) is 4.31 Å². The standard InChI is InChI=1S/C21H31N5O2S2/c1-7-20(29-16(3)22-4)30(27,28)26-13-9-15(2)19(14-26)25(6)18-8-11-23-21-17(18)10-12-24(21)5/h7-8,10-12,15,19H,9,13-14H2,1-6H3/b20-7-,22-16?/t15?,19-/m0/s1. The number of pyridine rings is 1. The summed E-state index contributed by atoms with van der Waals surface area (Å²) in [6.07, 6.45) is 6.31. The number of rotatable bonds is 5. The van der Waals surface area contributed by atoms with E-state index < -0.39 is 10.0 Å². The second kappa shape index (κ2) is 9.11. The van der Waals surface area contributed by atoms with E-state index in [0.29, 0.717) is 23.2 Å². The van der Waals surface area contributed by atoms with E-state index in [0.717, 1.165) is 28.2 Å². The van der Waals surface area contributed by atoms with Gasteiger partial charge in [0.25, 0.3) is 0 Å². The minimum atomic E-state index is -3.56. The number of allylic oxidation sites excluding steroid dienone is 1. The van der Waals surface area contributed by atoms with Gasteiger partial charge in [0.15, 0.2) is 0 Å². The molecule has 0 spiro atoms. The fourth-order valence-corrected chi connectivity index (χ4v) is 6.80. The molecule has 1 unspecified atom stereocenters. The number of piperidine rings is 1. The quantitative estimate of drug-likeness (QED) is 0.514. The zero-order valence-corrected chi connectivity index (χ0v) is 20.2. The van der Waals surface area contributed by atoms with Crippen LogP contribution in [0.2, 0.25) is 0 Å². The number of nitrogens with zero attached hydrogens (tertiary/aromatic N) is 5. The molecular weight excluding hydrogens is 418 g/mol. The molecule has 2 aromatic rings. The molecule has 2 atom stereocenters. The SMILES string of the molecule is C/C=C(/SC(C)=NC)S(=O)(=O)N1CCC(C)[C@@H](N(C)c2ccnc3c2ccn3C)C1. The highest BCUT2D eigenvalue weighted by Crippen LogP contribution is 2.34. The first-order valence-electron chi connectivity index (χ1n) is 10.1. The summed E-state index contributed by atoms with van der Waals surface area (Å²) in [5.41, 5.74) is 2.00. The number of aromatic nitrogens is 2. The Balaban J connectivity index is 1.89. The van der Waals surface area contributed by atoms with Gasteiger partial charge in [-0.15, -0.1) is 0 Å². The Kier molecular flexibility index (Phi) is 6.94. The van der Waals surface area contributed by atoms with Crippen molar-refractivity contribution in [3.05, 3.63) is 34.8 Å². The van der Waals surface area contributed by atoms with Crippen LogP contribution in [0.1, 0.15) is 27.2 Å². The number of thioether (sulfide) groups is 1. The van der Waals surface area contributed by atoms with E-state index in [1.54, 1.807) is 24.4 Å². The fraction of sp³-hybridized carbons (Fsp3) is 0.524. The molecule has 164 valence electrons. The van der Waals surface area contributed by atoms with Crippen molar-refractivity contribution in [3.8, 4) is 0 Å². The summed E-state index contributed by atoms with van der Waals surface area (Å²) in [4.78, 5) is 10.8. The molecule has 0 amide bonds. The Morgan fingerprint density at radius 3 is 2.80 bits per heavy atom. The van der Waals surface area contributed by atoms with Gasteiger partial charge in [0.2, 0.25) is 10.0 Å². The molecule has 1 saturated heterocycles. The maximum atomic E-state index is 13.3. The molecule has 9 heteroatoms. The third kappa shape index (κ3) is 4.29. The number of aryl methyl sites for hydroxylation is 1. The van der Waals surface area contributed by atoms with Crippen LogP contribution in [0, 0.1) is 5.92 Å². The molecule has 1 aliphatic heterocycles. The topological polar surface area (TPSA) is 70.8 Å². The van der Waals surface area contributed by atoms with E-state index >= 15 is 0 Å². The van der Waals surface area contributed by atoms with E-state index in [2.05, 4.69) is 34.9 Å². The van der Waals surface area contributed by atoms with Crippen LogP contribution in [0.25, 0.3) is 11.0 Å². The van der Waals surface area contributed by atoms with E-state index in [-0.39, 0.29) is 6.04 Å². The van der Waals surface area contributed by atoms with E-state index in [1.165, 1.54) is 11.8 Å². The van der Waals surface area contributed by atoms with Gasteiger partial charge >= 0.3 is 0 Å². The molecule has 0 aromatic carbocycles. The summed E-state index contributed by atoms with van der Waals surface area (Å²) < 4.78 is 30.7. The van der Waals surface area contributed by atoms with Crippen LogP contribution < -0.4 is 4.90 Å². The van der Waals surface area contributed by atoms with Gasteiger partial charge in [-0.05, 0) is 38.3 Å². The molecule has 0 aliphatic carbocycles. The molecule has 1 aliphatic rings. The van der Waals surface area contributed by atoms with E-state index in [1.807, 2.05) is 37.0 Å². The van der Waals surface area contributed by atoms with E-state index in [4.69, 9.17) is 0 Å². The lowest BCUT2D eigenvalue weighted by Crippen LogP contribution is -2.52. The predicted molar refractivity (Wildman–Crippen MR) is 128 cm³/mol. The van der Waals surface area contributed by atoms with Gasteiger partial charge in [0.1, 0.15) is 9.88 Å². The van der Waals surface area contributed by atoms with Crippen molar-refractivity contribution < 1.29 is 8.42 Å². The van der Waals surface area contributed by atoms with Crippen molar-refractivity contribution in [3.63, 3.8) is 0 Å². The lowest BCUT2D eigenvalue weighted by molar-refractivity contribution is 0.249. The van der Waals surface area contributed by atoms with Crippen LogP contribution >= 0.6 is 11.8 Å². The van der Waals surface area contributed by atoms with Crippen LogP contribution in [0.3, 0.4) is 0 Å². The number of fused-ring (bicyclic) bond motifs is 1. The average Bonchev–Trinajstić information content (AvgIpc) is 3.12. The number of hydrogen-bond donors (Lipinski definition) is 0. The monoisotopic (exact) mass is 449 g/mol. The Labute approximate surface area is 183 Å². The maximum Gasteiger partial charge on any atom is 0.249 e. The Bertz CT molecular complexity index is 1070. The summed E-state index contributed by atoms with van der Waals surface area (Å²) in [5.74, 6) is 0.369. The van der Waals surface area contributed by atoms with Gasteiger partial charge in [-0.1, -0.05) is 24.8 Å². The predicted octanol–water partition coefficient (Wildman–Crippen LogP) is 3.69. The van der Waals surface area contributed by atoms with Gasteiger partial charge in [0.05, 0.1) is 5.04 Å². The van der Waals surface area contributed by atoms with Crippen molar-refractivity contribution in [1.82, 2.24) is 13.9 Å². The number of aliphatic imine (C=N–C) groups is 1. The summed E-state index contributed by atoms with van der Waals surface area (Å²) >= 11 is 1.21. The smallest absolute Gasteiger partial charge is 0.249 e. The van der Waals surface area contributed by atoms with Gasteiger partial charge < -0.3 is 9.47 Å². The molecule has 0 N–H and O–H groups in total. The van der Waals surface area contributed by atoms with Crippen molar-refractivity contribution in [2.75, 3.05) is 32.1 Å². The maximum absolute atomic E-state index is 13.3. The molecule has 0 radical (unpaired) electrons. The van der Waals surface area contributed by atoms with Gasteiger partial charge in [0, 0.05) is 63.7 Å². The minimum Gasteiger partial charge on any atom is -0.369 e. The zero-order valence-electron chi connectivity index (χ0n) is 18.5. The lowest BCUT2D eigenvalue weighted by atomic mass is 9.93. The average molecular weight is 450 g/mol. The Hall–Kier alpha value is -1.84. The van der Waals surface area contributed by atoms with Gasteiger partial charge in [-0.25, -0.2) is 13.4 Å². The first kappa shape index (κ1) is 22.8. The molecule has 1 fully saturated rings. The van der Waals surface area contributed by atoms with Crippen molar-refractivity contribution in [2.24, 2.45) is 18.0 Å². The van der Waals surface area contributed by atoms with Gasteiger partial charge in [-0.3, -0.25) is 4.99 Å². The second-order valence-corrected chi connectivity index (χ2v) is 11.2. The molecule has 2 aromatic heterocycles. The molecular formula is C21H31N5O2S2. The Morgan fingerprint density at radius 2 is 2.13 bits per heavy atom. The third-order valence-electron chi connectivity index (χ3n) is 5.90. The second-order valence-electron chi connectivity index (χ2n) is 7.75. The highest BCUT2D eigenvalue weighted by atomic mass is 32.3. The summed E-state index contributed by atoms with van der Waals surface area (Å²) in [7, 11) is 2.15. The molecule has 3 heterocycles. The minimum absolute atomic E-state index is 0.0726. The summed E-state index contributed by atoms with van der Waals surface area (Å²) in [6, 6.07) is 4.15. The van der Waals surface area contributed by atoms with Crippen LogP contribution in [-0.4, -0.2) is 60.5 Å². The lowest BCUT2D eigenvalue weighted by Gasteiger charge is -2.42. The zero-order chi connectivity index (χ0) is 22.1. The number of anilines is 1. The highest BCUT2D eigenvalue weighted by Gasteiger charge is 2.37. The fourth-order valence-electron chi connectivity index (χ4n) is 3.96. The highest BCUT2D eigenvalue weighted by molar-refractivity contribution is 8.26. The first-order chi connectivity index (χ1) is 14.2. The normalized spacial score (nSPS) is 21.9. The van der Waals surface area contributed by atoms with Crippen LogP contribution in [0.4, 0.5) is 5.69 Å². The summed E-state index contributed by atoms with van der Waals surface area (Å²) in [5, 5.41) is 1.81. The van der Waals surface area contributed by atoms with Crippen LogP contribution in [-0.2, 0) is 17.1 Å². The van der Waals surface area contributed by atoms with E-state index in [9.17, 15) is 8.42 Å². The summed E-state index contributed by atoms with van der Waals surface area (Å²) in [6.45, 7) is 6.78. The Morgan fingerprint density at radius 1 is 1.40 bits per heavy atom. The molecule has 3 rings (SSSR count). The molecule has 0 saturated carbocycles. The number of hydrogen-bond acceptors (Lipinski definition) is 6. The molecule has 7 nitrogen and oxygen atoms in total.